The van der Waals surface area contributed by atoms with Crippen LogP contribution < -0.4 is 0 Å². The lowest BCUT2D eigenvalue weighted by atomic mass is 9.95. The number of aliphatic hydroxyl groups excluding tert-OH is 2. The maximum atomic E-state index is 12.4. The molecule has 11 nitrogen and oxygen atoms in total. The van der Waals surface area contributed by atoms with Crippen LogP contribution in [0.25, 0.3) is 0 Å². The molecular formula is C43H40N2O9. The molecule has 2 saturated heterocycles. The van der Waals surface area contributed by atoms with E-state index in [1.54, 1.807) is 0 Å². The van der Waals surface area contributed by atoms with Crippen molar-refractivity contribution in [3.05, 3.63) is 142 Å². The molecule has 54 heavy (non-hydrogen) atoms. The van der Waals surface area contributed by atoms with E-state index in [-0.39, 0.29) is 59.2 Å². The number of aliphatic hydroxyl groups is 2. The van der Waals surface area contributed by atoms with E-state index in [1.807, 2.05) is 60.7 Å². The minimum Gasteiger partial charge on any atom is -0.515 e. The van der Waals surface area contributed by atoms with E-state index < -0.39 is 5.97 Å². The Labute approximate surface area is 312 Å². The van der Waals surface area contributed by atoms with E-state index in [4.69, 9.17) is 9.84 Å². The Kier molecular flexibility index (Phi) is 9.66. The van der Waals surface area contributed by atoms with Gasteiger partial charge in [0.25, 0.3) is 11.8 Å². The number of rotatable bonds is 1. The number of hydrogen-bond acceptors (Lipinski definition) is 9. The molecule has 276 valence electrons. The lowest BCUT2D eigenvalue weighted by Gasteiger charge is -2.20. The number of imide groups is 2. The normalized spacial score (nSPS) is 27.4. The van der Waals surface area contributed by atoms with Gasteiger partial charge in [-0.25, -0.2) is 0 Å². The van der Waals surface area contributed by atoms with Crippen molar-refractivity contribution in [1.29, 1.82) is 0 Å². The number of hydrogen-bond donors (Lipinski definition) is 2. The Bertz CT molecular complexity index is 2200. The first-order chi connectivity index (χ1) is 26.0. The summed E-state index contributed by atoms with van der Waals surface area (Å²) in [5.41, 5.74) is 8.27. The molecule has 2 aliphatic heterocycles. The number of benzene rings is 3. The Balaban J connectivity index is 0.000000127. The predicted molar refractivity (Wildman–Crippen MR) is 195 cm³/mol. The van der Waals surface area contributed by atoms with Crippen LogP contribution in [-0.4, -0.2) is 55.4 Å². The van der Waals surface area contributed by atoms with E-state index in [1.165, 1.54) is 48.0 Å². The molecule has 0 spiro atoms. The quantitative estimate of drug-likeness (QED) is 0.179. The zero-order valence-electron chi connectivity index (χ0n) is 30.1. The molecule has 1 saturated carbocycles. The van der Waals surface area contributed by atoms with Crippen molar-refractivity contribution in [2.24, 2.45) is 17.8 Å². The number of ketones is 1. The molecule has 0 aromatic heterocycles. The van der Waals surface area contributed by atoms with Crippen molar-refractivity contribution in [3.8, 4) is 0 Å². The van der Waals surface area contributed by atoms with Gasteiger partial charge in [0, 0.05) is 50.5 Å². The molecule has 6 aliphatic rings. The first-order valence-electron chi connectivity index (χ1n) is 18.0. The summed E-state index contributed by atoms with van der Waals surface area (Å²) in [5.74, 6) is -1.39. The van der Waals surface area contributed by atoms with Crippen LogP contribution in [-0.2, 0) is 52.8 Å². The van der Waals surface area contributed by atoms with Gasteiger partial charge < -0.3 is 14.9 Å². The Morgan fingerprint density at radius 1 is 0.574 bits per heavy atom. The summed E-state index contributed by atoms with van der Waals surface area (Å²) in [6.07, 6.45) is 5.91. The second-order valence-corrected chi connectivity index (χ2v) is 14.4. The number of nitrogens with zero attached hydrogens (tertiary/aromatic N) is 2. The van der Waals surface area contributed by atoms with Gasteiger partial charge >= 0.3 is 5.97 Å². The number of likely N-dealkylation sites (tertiary alicyclic amines) is 2. The highest BCUT2D eigenvalue weighted by atomic mass is 16.5. The number of esters is 1. The molecule has 2 heterocycles. The topological polar surface area (TPSA) is 159 Å². The van der Waals surface area contributed by atoms with Gasteiger partial charge in [-0.15, -0.1) is 0 Å². The molecule has 3 aromatic rings. The third-order valence-electron chi connectivity index (χ3n) is 11.5. The number of Topliss-reactive ketones (excluding diaryl/α,β-unsaturated/α-hetero) is 1. The van der Waals surface area contributed by atoms with Crippen molar-refractivity contribution in [2.75, 3.05) is 0 Å². The summed E-state index contributed by atoms with van der Waals surface area (Å²) in [6.45, 7) is 4.04. The fourth-order valence-corrected chi connectivity index (χ4v) is 9.26. The molecule has 0 radical (unpaired) electrons. The third-order valence-corrected chi connectivity index (χ3v) is 11.5. The highest BCUT2D eigenvalue weighted by Gasteiger charge is 2.52. The van der Waals surface area contributed by atoms with E-state index in [2.05, 4.69) is 12.1 Å². The average Bonchev–Trinajstić information content (AvgIpc) is 3.96. The first kappa shape index (κ1) is 36.3. The van der Waals surface area contributed by atoms with Crippen molar-refractivity contribution >= 4 is 35.4 Å². The molecule has 3 fully saturated rings. The van der Waals surface area contributed by atoms with Gasteiger partial charge in [0.05, 0.1) is 35.8 Å². The molecule has 3 aromatic carbocycles. The van der Waals surface area contributed by atoms with Crippen LogP contribution in [0.5, 0.6) is 0 Å². The van der Waals surface area contributed by atoms with E-state index in [9.17, 15) is 33.9 Å². The van der Waals surface area contributed by atoms with Crippen molar-refractivity contribution < 1.29 is 43.7 Å². The van der Waals surface area contributed by atoms with Crippen LogP contribution >= 0.6 is 0 Å². The molecule has 9 rings (SSSR count). The predicted octanol–water partition coefficient (Wildman–Crippen LogP) is 5.82. The van der Waals surface area contributed by atoms with E-state index in [0.29, 0.717) is 41.9 Å². The maximum Gasteiger partial charge on any atom is 0.307 e. The molecule has 4 aliphatic carbocycles. The van der Waals surface area contributed by atoms with Gasteiger partial charge in [-0.1, -0.05) is 72.8 Å². The van der Waals surface area contributed by atoms with E-state index >= 15 is 0 Å². The van der Waals surface area contributed by atoms with Gasteiger partial charge in [0.15, 0.2) is 5.78 Å². The van der Waals surface area contributed by atoms with Crippen molar-refractivity contribution in [3.63, 3.8) is 0 Å². The molecule has 6 unspecified atom stereocenters. The largest absolute Gasteiger partial charge is 0.515 e. The lowest BCUT2D eigenvalue weighted by molar-refractivity contribution is -0.143. The first-order valence-corrected chi connectivity index (χ1v) is 18.0. The number of amides is 4. The third kappa shape index (κ3) is 6.03. The number of fused-ring (bicyclic) bond motifs is 9. The van der Waals surface area contributed by atoms with Crippen LogP contribution in [0.3, 0.4) is 0 Å². The van der Waals surface area contributed by atoms with Gasteiger partial charge in [-0.3, -0.25) is 38.6 Å². The molecule has 0 bridgehead atoms. The Hall–Kier alpha value is -6.10. The van der Waals surface area contributed by atoms with Gasteiger partial charge in [-0.2, -0.15) is 0 Å². The van der Waals surface area contributed by atoms with Crippen LogP contribution in [0.2, 0.25) is 0 Å². The zero-order chi connectivity index (χ0) is 38.4. The van der Waals surface area contributed by atoms with Gasteiger partial charge in [0.2, 0.25) is 11.8 Å². The second kappa shape index (κ2) is 14.4. The monoisotopic (exact) mass is 728 g/mol. The molecular weight excluding hydrogens is 688 g/mol. The van der Waals surface area contributed by atoms with Crippen LogP contribution in [0, 0.1) is 17.8 Å². The van der Waals surface area contributed by atoms with Crippen LogP contribution in [0.1, 0.15) is 78.6 Å². The van der Waals surface area contributed by atoms with Crippen LogP contribution in [0.15, 0.2) is 108 Å². The Morgan fingerprint density at radius 2 is 1.00 bits per heavy atom. The van der Waals surface area contributed by atoms with Crippen molar-refractivity contribution in [2.45, 2.75) is 64.5 Å². The number of carbonyl (C=O) groups is 6. The summed E-state index contributed by atoms with van der Waals surface area (Å²) < 4.78 is 4.87. The van der Waals surface area contributed by atoms with Crippen molar-refractivity contribution in [1.82, 2.24) is 9.80 Å². The molecule has 4 amide bonds. The number of carbonyl (C=O) groups excluding carboxylic acids is 6. The smallest absolute Gasteiger partial charge is 0.307 e. The fourth-order valence-electron chi connectivity index (χ4n) is 9.26. The van der Waals surface area contributed by atoms with E-state index in [0.717, 1.165) is 41.2 Å². The average molecular weight is 729 g/mol. The highest BCUT2D eigenvalue weighted by Crippen LogP contribution is 2.51. The number of allylic oxidation sites excluding steroid dienone is 1. The molecule has 2 N–H and O–H groups in total. The lowest BCUT2D eigenvalue weighted by Crippen LogP contribution is -2.32. The molecule has 11 heteroatoms. The fraction of sp³-hybridized carbons (Fsp3) is 0.302. The Morgan fingerprint density at radius 3 is 1.48 bits per heavy atom. The minimum absolute atomic E-state index is 0.108. The summed E-state index contributed by atoms with van der Waals surface area (Å²) in [5, 5.41) is 18.3. The minimum atomic E-state index is -0.483. The summed E-state index contributed by atoms with van der Waals surface area (Å²) in [7, 11) is 0. The highest BCUT2D eigenvalue weighted by molar-refractivity contribution is 6.08. The zero-order valence-corrected chi connectivity index (χ0v) is 30.1. The standard InChI is InChI=1S/C16H15NO4.C14H13NO3.C13H12O2/c1-9(18)17-15-12-6-4-3-5-11(12)7-13(15)14(16(17)20)8-21-10(2)19;1-8(17)15-13-10-5-3-2-4-9(10)6-11(13)12(7-16)14(15)18;14-7-12-10-5-8-3-1-2-4-9(8)11(10)6-13(12)15/h3-6,8,13,15H,7H2,1-2H3;2-5,7,11,13,16H,6H2,1H3;1-4,7,10-11,14H,5-6H2/b14-8-;2*12-7-. The van der Waals surface area contributed by atoms with Gasteiger partial charge in [0.1, 0.15) is 6.26 Å². The van der Waals surface area contributed by atoms with Gasteiger partial charge in [-0.05, 0) is 58.6 Å². The second-order valence-electron chi connectivity index (χ2n) is 14.4. The maximum absolute atomic E-state index is 12.4. The van der Waals surface area contributed by atoms with Crippen LogP contribution in [0.4, 0.5) is 0 Å². The summed E-state index contributed by atoms with van der Waals surface area (Å²) in [4.78, 5) is 73.1. The SMILES string of the molecule is CC(=O)N1C(=O)/C(=C\O)C2Cc3ccccc3C21.CC(=O)O/C=C1\C(=O)N(C(C)=O)C2c3ccccc3CC12.O=C1CC2c3ccccc3CC2/C1=C/O. The summed E-state index contributed by atoms with van der Waals surface area (Å²) in [6, 6.07) is 23.3. The molecule has 6 atom stereocenters. The number of ether oxygens (including phenoxy) is 1. The summed E-state index contributed by atoms with van der Waals surface area (Å²) >= 11 is 0.